The van der Waals surface area contributed by atoms with E-state index in [-0.39, 0.29) is 0 Å². The van der Waals surface area contributed by atoms with Crippen molar-refractivity contribution in [2.75, 3.05) is 6.54 Å². The molecule has 1 saturated heterocycles. The van der Waals surface area contributed by atoms with Gasteiger partial charge in [0, 0.05) is 16.6 Å². The molecule has 1 aliphatic heterocycles. The van der Waals surface area contributed by atoms with Crippen LogP contribution in [0.25, 0.3) is 10.8 Å². The molecule has 0 aromatic heterocycles. The molecular formula is C15H16ClNO. The van der Waals surface area contributed by atoms with E-state index in [0.717, 1.165) is 34.3 Å². The van der Waals surface area contributed by atoms with Gasteiger partial charge in [-0.15, -0.1) is 0 Å². The van der Waals surface area contributed by atoms with E-state index >= 15 is 0 Å². The summed E-state index contributed by atoms with van der Waals surface area (Å²) >= 11 is 6.01. The van der Waals surface area contributed by atoms with Gasteiger partial charge in [-0.05, 0) is 54.8 Å². The van der Waals surface area contributed by atoms with Gasteiger partial charge in [0.15, 0.2) is 0 Å². The number of phenols is 1. The van der Waals surface area contributed by atoms with Crippen LogP contribution in [0.1, 0.15) is 18.4 Å². The molecule has 1 heterocycles. The van der Waals surface area contributed by atoms with Gasteiger partial charge in [-0.1, -0.05) is 23.7 Å². The van der Waals surface area contributed by atoms with Crippen molar-refractivity contribution < 1.29 is 5.11 Å². The number of rotatable bonds is 2. The van der Waals surface area contributed by atoms with Crippen LogP contribution in [0.3, 0.4) is 0 Å². The zero-order valence-electron chi connectivity index (χ0n) is 10.1. The second-order valence-corrected chi connectivity index (χ2v) is 5.36. The van der Waals surface area contributed by atoms with Gasteiger partial charge in [0.25, 0.3) is 0 Å². The first-order chi connectivity index (χ1) is 8.74. The Labute approximate surface area is 112 Å². The highest BCUT2D eigenvalue weighted by atomic mass is 35.5. The predicted octanol–water partition coefficient (Wildman–Crippen LogP) is 3.49. The standard InChI is InChI=1S/C15H16ClNO/c16-11-4-5-13-10(8-11)3-6-15(18)14(13)9-12-2-1-7-17-12/h3-6,8,12,17-18H,1-2,7,9H2. The Bertz CT molecular complexity index is 576. The molecule has 0 amide bonds. The first-order valence-corrected chi connectivity index (χ1v) is 6.75. The van der Waals surface area contributed by atoms with E-state index in [9.17, 15) is 5.11 Å². The molecule has 2 nitrogen and oxygen atoms in total. The molecule has 2 aromatic rings. The van der Waals surface area contributed by atoms with Crippen molar-refractivity contribution in [3.8, 4) is 5.75 Å². The van der Waals surface area contributed by atoms with Crippen LogP contribution in [0, 0.1) is 0 Å². The molecule has 1 atom stereocenters. The topological polar surface area (TPSA) is 32.3 Å². The van der Waals surface area contributed by atoms with Crippen molar-refractivity contribution in [1.82, 2.24) is 5.32 Å². The summed E-state index contributed by atoms with van der Waals surface area (Å²) in [5.74, 6) is 0.388. The van der Waals surface area contributed by atoms with E-state index in [1.165, 1.54) is 12.8 Å². The lowest BCUT2D eigenvalue weighted by Gasteiger charge is -2.14. The van der Waals surface area contributed by atoms with Crippen molar-refractivity contribution in [1.29, 1.82) is 0 Å². The van der Waals surface area contributed by atoms with Crippen LogP contribution in [0.2, 0.25) is 5.02 Å². The van der Waals surface area contributed by atoms with E-state index in [4.69, 9.17) is 11.6 Å². The highest BCUT2D eigenvalue weighted by Gasteiger charge is 2.17. The lowest BCUT2D eigenvalue weighted by atomic mass is 9.97. The monoisotopic (exact) mass is 261 g/mol. The molecule has 1 unspecified atom stereocenters. The molecule has 0 radical (unpaired) electrons. The van der Waals surface area contributed by atoms with E-state index in [1.54, 1.807) is 6.07 Å². The van der Waals surface area contributed by atoms with Gasteiger partial charge in [-0.3, -0.25) is 0 Å². The smallest absolute Gasteiger partial charge is 0.119 e. The summed E-state index contributed by atoms with van der Waals surface area (Å²) in [4.78, 5) is 0. The molecule has 3 rings (SSSR count). The van der Waals surface area contributed by atoms with Crippen molar-refractivity contribution in [3.05, 3.63) is 40.9 Å². The van der Waals surface area contributed by atoms with E-state index < -0.39 is 0 Å². The van der Waals surface area contributed by atoms with Crippen LogP contribution in [0.15, 0.2) is 30.3 Å². The van der Waals surface area contributed by atoms with Crippen LogP contribution in [-0.4, -0.2) is 17.7 Å². The second-order valence-electron chi connectivity index (χ2n) is 4.93. The van der Waals surface area contributed by atoms with Crippen LogP contribution < -0.4 is 5.32 Å². The molecule has 0 bridgehead atoms. The van der Waals surface area contributed by atoms with Crippen LogP contribution in [0.4, 0.5) is 0 Å². The Morgan fingerprint density at radius 1 is 1.28 bits per heavy atom. The lowest BCUT2D eigenvalue weighted by molar-refractivity contribution is 0.463. The number of halogens is 1. The van der Waals surface area contributed by atoms with E-state index in [0.29, 0.717) is 11.8 Å². The van der Waals surface area contributed by atoms with Crippen molar-refractivity contribution >= 4 is 22.4 Å². The number of aromatic hydroxyl groups is 1. The zero-order valence-corrected chi connectivity index (χ0v) is 10.9. The second kappa shape index (κ2) is 4.79. The van der Waals surface area contributed by atoms with Crippen molar-refractivity contribution in [2.45, 2.75) is 25.3 Å². The fourth-order valence-electron chi connectivity index (χ4n) is 2.75. The summed E-state index contributed by atoms with van der Waals surface area (Å²) in [6, 6.07) is 10.0. The minimum Gasteiger partial charge on any atom is -0.508 e. The molecule has 1 aliphatic rings. The fourth-order valence-corrected chi connectivity index (χ4v) is 2.93. The van der Waals surface area contributed by atoms with E-state index in [2.05, 4.69) is 5.32 Å². The first kappa shape index (κ1) is 11.8. The maximum absolute atomic E-state index is 10.1. The third-order valence-corrected chi connectivity index (χ3v) is 3.92. The maximum Gasteiger partial charge on any atom is 0.119 e. The molecule has 2 aromatic carbocycles. The van der Waals surface area contributed by atoms with Gasteiger partial charge in [-0.25, -0.2) is 0 Å². The van der Waals surface area contributed by atoms with Crippen LogP contribution in [0.5, 0.6) is 5.75 Å². The summed E-state index contributed by atoms with van der Waals surface area (Å²) in [6.07, 6.45) is 3.29. The third-order valence-electron chi connectivity index (χ3n) is 3.68. The molecule has 94 valence electrons. The molecule has 0 spiro atoms. The average molecular weight is 262 g/mol. The SMILES string of the molecule is Oc1ccc2cc(Cl)ccc2c1CC1CCCN1. The Kier molecular flexibility index (Phi) is 3.14. The Morgan fingerprint density at radius 2 is 2.17 bits per heavy atom. The van der Waals surface area contributed by atoms with Crippen molar-refractivity contribution in [3.63, 3.8) is 0 Å². The molecule has 1 fully saturated rings. The van der Waals surface area contributed by atoms with Gasteiger partial charge in [0.1, 0.15) is 5.75 Å². The highest BCUT2D eigenvalue weighted by molar-refractivity contribution is 6.31. The largest absolute Gasteiger partial charge is 0.508 e. The molecule has 3 heteroatoms. The van der Waals surface area contributed by atoms with Gasteiger partial charge >= 0.3 is 0 Å². The van der Waals surface area contributed by atoms with Gasteiger partial charge in [0.05, 0.1) is 0 Å². The van der Waals surface area contributed by atoms with Crippen molar-refractivity contribution in [2.24, 2.45) is 0 Å². The molecule has 18 heavy (non-hydrogen) atoms. The summed E-state index contributed by atoms with van der Waals surface area (Å²) in [5, 5.41) is 16.5. The van der Waals surface area contributed by atoms with Gasteiger partial charge < -0.3 is 10.4 Å². The van der Waals surface area contributed by atoms with Gasteiger partial charge in [-0.2, -0.15) is 0 Å². The summed E-state index contributed by atoms with van der Waals surface area (Å²) in [5.41, 5.74) is 1.03. The maximum atomic E-state index is 10.1. The summed E-state index contributed by atoms with van der Waals surface area (Å²) in [6.45, 7) is 1.09. The summed E-state index contributed by atoms with van der Waals surface area (Å²) in [7, 11) is 0. The Morgan fingerprint density at radius 3 is 2.94 bits per heavy atom. The molecular weight excluding hydrogens is 246 g/mol. The lowest BCUT2D eigenvalue weighted by Crippen LogP contribution is -2.23. The van der Waals surface area contributed by atoms with E-state index in [1.807, 2.05) is 24.3 Å². The first-order valence-electron chi connectivity index (χ1n) is 6.37. The number of benzene rings is 2. The van der Waals surface area contributed by atoms with Gasteiger partial charge in [0.2, 0.25) is 0 Å². The molecule has 0 saturated carbocycles. The van der Waals surface area contributed by atoms with Crippen LogP contribution in [-0.2, 0) is 6.42 Å². The minimum atomic E-state index is 0.388. The van der Waals surface area contributed by atoms with Crippen LogP contribution >= 0.6 is 11.6 Å². The minimum absolute atomic E-state index is 0.388. The zero-order chi connectivity index (χ0) is 12.5. The quantitative estimate of drug-likeness (QED) is 0.867. The highest BCUT2D eigenvalue weighted by Crippen LogP contribution is 2.31. The number of fused-ring (bicyclic) bond motifs is 1. The summed E-state index contributed by atoms with van der Waals surface area (Å²) < 4.78 is 0. The predicted molar refractivity (Wildman–Crippen MR) is 75.4 cm³/mol. The number of phenolic OH excluding ortho intramolecular Hbond substituents is 1. The molecule has 0 aliphatic carbocycles. The Balaban J connectivity index is 2.05. The molecule has 2 N–H and O–H groups in total. The number of nitrogens with one attached hydrogen (secondary N) is 1. The normalized spacial score (nSPS) is 19.5. The number of hydrogen-bond donors (Lipinski definition) is 2. The average Bonchev–Trinajstić information content (AvgIpc) is 2.86. The number of hydrogen-bond acceptors (Lipinski definition) is 2. The third kappa shape index (κ3) is 2.18. The Hall–Kier alpha value is -1.25. The fraction of sp³-hybridized carbons (Fsp3) is 0.333.